The average molecular weight is 327 g/mol. The Kier molecular flexibility index (Phi) is 3.63. The van der Waals surface area contributed by atoms with E-state index >= 15 is 0 Å². The number of hydrogen-bond donors (Lipinski definition) is 1. The van der Waals surface area contributed by atoms with E-state index in [1.807, 2.05) is 0 Å². The maximum absolute atomic E-state index is 12.9. The Hall–Kier alpha value is -2.71. The number of ether oxygens (including phenoxy) is 2. The summed E-state index contributed by atoms with van der Waals surface area (Å²) in [4.78, 5) is 12.2. The lowest BCUT2D eigenvalue weighted by Crippen LogP contribution is -2.20. The highest BCUT2D eigenvalue weighted by molar-refractivity contribution is 6.06. The van der Waals surface area contributed by atoms with Gasteiger partial charge in [0.2, 0.25) is 0 Å². The third kappa shape index (κ3) is 2.94. The van der Waals surface area contributed by atoms with Crippen molar-refractivity contribution in [3.05, 3.63) is 35.7 Å². The largest absolute Gasteiger partial charge is 0.486 e. The summed E-state index contributed by atoms with van der Waals surface area (Å²) in [6.45, 7) is 0.659. The predicted molar refractivity (Wildman–Crippen MR) is 73.6 cm³/mol. The summed E-state index contributed by atoms with van der Waals surface area (Å²) in [6.07, 6.45) is -3.70. The molecule has 1 N–H and O–H groups in total. The van der Waals surface area contributed by atoms with Crippen LogP contribution in [-0.4, -0.2) is 28.9 Å². The van der Waals surface area contributed by atoms with Gasteiger partial charge in [-0.05, 0) is 12.1 Å². The number of fused-ring (bicyclic) bond motifs is 1. The highest BCUT2D eigenvalue weighted by Gasteiger charge is 2.39. The zero-order valence-corrected chi connectivity index (χ0v) is 12.0. The Morgan fingerprint density at radius 2 is 2.04 bits per heavy atom. The summed E-state index contributed by atoms with van der Waals surface area (Å²) in [5.41, 5.74) is -1.56. The quantitative estimate of drug-likeness (QED) is 0.920. The van der Waals surface area contributed by atoms with E-state index in [1.54, 1.807) is 12.1 Å². The van der Waals surface area contributed by atoms with Gasteiger partial charge in [-0.25, -0.2) is 0 Å². The van der Waals surface area contributed by atoms with Crippen molar-refractivity contribution in [3.8, 4) is 11.5 Å². The molecule has 23 heavy (non-hydrogen) atoms. The van der Waals surface area contributed by atoms with Crippen LogP contribution >= 0.6 is 0 Å². The van der Waals surface area contributed by atoms with Gasteiger partial charge >= 0.3 is 6.18 Å². The van der Waals surface area contributed by atoms with Crippen molar-refractivity contribution in [3.63, 3.8) is 0 Å². The highest BCUT2D eigenvalue weighted by Crippen LogP contribution is 2.38. The molecule has 1 amide bonds. The van der Waals surface area contributed by atoms with E-state index in [0.717, 1.165) is 10.9 Å². The first kappa shape index (κ1) is 15.2. The van der Waals surface area contributed by atoms with Crippen molar-refractivity contribution in [1.82, 2.24) is 9.78 Å². The number of carbonyl (C=O) groups is 1. The first-order chi connectivity index (χ1) is 10.9. The SMILES string of the molecule is Cn1cc(C(=O)Nc2cccc3c2OCCO3)c(C(F)(F)F)n1. The van der Waals surface area contributed by atoms with Gasteiger partial charge in [0.05, 0.1) is 11.3 Å². The molecule has 6 nitrogen and oxygen atoms in total. The van der Waals surface area contributed by atoms with Gasteiger partial charge in [-0.1, -0.05) is 6.07 Å². The summed E-state index contributed by atoms with van der Waals surface area (Å²) >= 11 is 0. The lowest BCUT2D eigenvalue weighted by Gasteiger charge is -2.21. The Labute approximate surface area is 128 Å². The van der Waals surface area contributed by atoms with Crippen LogP contribution in [-0.2, 0) is 13.2 Å². The van der Waals surface area contributed by atoms with Crippen LogP contribution in [0.2, 0.25) is 0 Å². The minimum absolute atomic E-state index is 0.240. The zero-order chi connectivity index (χ0) is 16.6. The number of halogens is 3. The molecule has 1 aromatic carbocycles. The number of nitrogens with one attached hydrogen (secondary N) is 1. The van der Waals surface area contributed by atoms with E-state index in [0.29, 0.717) is 24.7 Å². The van der Waals surface area contributed by atoms with E-state index in [2.05, 4.69) is 10.4 Å². The molecule has 0 aliphatic carbocycles. The van der Waals surface area contributed by atoms with Gasteiger partial charge in [0.1, 0.15) is 13.2 Å². The number of para-hydroxylation sites is 1. The molecule has 0 spiro atoms. The fourth-order valence-electron chi connectivity index (χ4n) is 2.23. The molecule has 0 atom stereocenters. The van der Waals surface area contributed by atoms with Gasteiger partial charge in [0.25, 0.3) is 5.91 Å². The Morgan fingerprint density at radius 1 is 1.30 bits per heavy atom. The summed E-state index contributed by atoms with van der Waals surface area (Å²) < 4.78 is 50.5. The number of nitrogens with zero attached hydrogens (tertiary/aromatic N) is 2. The second-order valence-corrected chi connectivity index (χ2v) is 4.85. The van der Waals surface area contributed by atoms with Crippen LogP contribution in [0.25, 0.3) is 0 Å². The van der Waals surface area contributed by atoms with Crippen molar-refractivity contribution in [2.75, 3.05) is 18.5 Å². The van der Waals surface area contributed by atoms with Gasteiger partial charge in [0.15, 0.2) is 17.2 Å². The zero-order valence-electron chi connectivity index (χ0n) is 12.0. The molecule has 1 aliphatic rings. The molecule has 0 radical (unpaired) electrons. The summed E-state index contributed by atoms with van der Waals surface area (Å²) in [7, 11) is 1.31. The van der Waals surface area contributed by atoms with Crippen molar-refractivity contribution in [1.29, 1.82) is 0 Å². The third-order valence-corrected chi connectivity index (χ3v) is 3.16. The maximum atomic E-state index is 12.9. The number of anilines is 1. The summed E-state index contributed by atoms with van der Waals surface area (Å²) in [5.74, 6) is -0.200. The van der Waals surface area contributed by atoms with E-state index in [4.69, 9.17) is 9.47 Å². The molecule has 122 valence electrons. The standard InChI is InChI=1S/C14H12F3N3O3/c1-20-7-8(12(19-20)14(15,16)17)13(21)18-9-3-2-4-10-11(9)23-6-5-22-10/h2-4,7H,5-6H2,1H3,(H,18,21). The van der Waals surface area contributed by atoms with E-state index < -0.39 is 23.3 Å². The number of aryl methyl sites for hydroxylation is 1. The lowest BCUT2D eigenvalue weighted by atomic mass is 10.2. The molecule has 0 bridgehead atoms. The van der Waals surface area contributed by atoms with Crippen LogP contribution in [0.3, 0.4) is 0 Å². The fraction of sp³-hybridized carbons (Fsp3) is 0.286. The number of alkyl halides is 3. The summed E-state index contributed by atoms with van der Waals surface area (Å²) in [5, 5.41) is 5.72. The molecular formula is C14H12F3N3O3. The van der Waals surface area contributed by atoms with Crippen LogP contribution < -0.4 is 14.8 Å². The number of aromatic nitrogens is 2. The number of rotatable bonds is 2. The van der Waals surface area contributed by atoms with Crippen LogP contribution in [0.4, 0.5) is 18.9 Å². The molecule has 1 aliphatic heterocycles. The predicted octanol–water partition coefficient (Wildman–Crippen LogP) is 2.46. The van der Waals surface area contributed by atoms with E-state index in [1.165, 1.54) is 13.1 Å². The molecular weight excluding hydrogens is 315 g/mol. The molecule has 2 aromatic rings. The van der Waals surface area contributed by atoms with Crippen molar-refractivity contribution >= 4 is 11.6 Å². The van der Waals surface area contributed by atoms with E-state index in [9.17, 15) is 18.0 Å². The first-order valence-electron chi connectivity index (χ1n) is 6.67. The molecule has 0 saturated carbocycles. The van der Waals surface area contributed by atoms with Gasteiger partial charge in [0, 0.05) is 13.2 Å². The van der Waals surface area contributed by atoms with Crippen molar-refractivity contribution in [2.24, 2.45) is 7.05 Å². The normalized spacial score (nSPS) is 13.7. The van der Waals surface area contributed by atoms with Crippen LogP contribution in [0, 0.1) is 0 Å². The molecule has 0 fully saturated rings. The second kappa shape index (κ2) is 5.49. The topological polar surface area (TPSA) is 65.4 Å². The molecule has 0 unspecified atom stereocenters. The van der Waals surface area contributed by atoms with Gasteiger partial charge < -0.3 is 14.8 Å². The minimum atomic E-state index is -4.72. The molecule has 1 aromatic heterocycles. The number of benzene rings is 1. The van der Waals surface area contributed by atoms with E-state index in [-0.39, 0.29) is 5.69 Å². The third-order valence-electron chi connectivity index (χ3n) is 3.16. The second-order valence-electron chi connectivity index (χ2n) is 4.85. The fourth-order valence-corrected chi connectivity index (χ4v) is 2.23. The van der Waals surface area contributed by atoms with Gasteiger partial charge in [-0.2, -0.15) is 18.3 Å². The number of amides is 1. The average Bonchev–Trinajstić information content (AvgIpc) is 2.90. The van der Waals surface area contributed by atoms with Crippen LogP contribution in [0.15, 0.2) is 24.4 Å². The monoisotopic (exact) mass is 327 g/mol. The van der Waals surface area contributed by atoms with Gasteiger partial charge in [-0.15, -0.1) is 0 Å². The lowest BCUT2D eigenvalue weighted by molar-refractivity contribution is -0.141. The Bertz CT molecular complexity index is 755. The number of carbonyl (C=O) groups excluding carboxylic acids is 1. The Morgan fingerprint density at radius 3 is 2.78 bits per heavy atom. The molecule has 2 heterocycles. The maximum Gasteiger partial charge on any atom is 0.435 e. The summed E-state index contributed by atoms with van der Waals surface area (Å²) in [6, 6.07) is 4.78. The number of hydrogen-bond acceptors (Lipinski definition) is 4. The minimum Gasteiger partial charge on any atom is -0.486 e. The van der Waals surface area contributed by atoms with Crippen molar-refractivity contribution < 1.29 is 27.4 Å². The highest BCUT2D eigenvalue weighted by atomic mass is 19.4. The van der Waals surface area contributed by atoms with Gasteiger partial charge in [-0.3, -0.25) is 9.48 Å². The molecule has 9 heteroatoms. The Balaban J connectivity index is 1.92. The smallest absolute Gasteiger partial charge is 0.435 e. The van der Waals surface area contributed by atoms with Crippen LogP contribution in [0.1, 0.15) is 16.1 Å². The van der Waals surface area contributed by atoms with Crippen LogP contribution in [0.5, 0.6) is 11.5 Å². The molecule has 3 rings (SSSR count). The van der Waals surface area contributed by atoms with Crippen molar-refractivity contribution in [2.45, 2.75) is 6.18 Å². The molecule has 0 saturated heterocycles. The first-order valence-corrected chi connectivity index (χ1v) is 6.67.